The van der Waals surface area contributed by atoms with Crippen molar-refractivity contribution in [3.05, 3.63) is 62.3 Å². The second-order valence-electron chi connectivity index (χ2n) is 4.38. The SMILES string of the molecule is I.NC(=NCc1ccc([N+](=O)[O-])cc1)NCCc1cccs1. The molecule has 0 unspecified atom stereocenters. The second-order valence-corrected chi connectivity index (χ2v) is 5.41. The van der Waals surface area contributed by atoms with Gasteiger partial charge in [-0.1, -0.05) is 18.2 Å². The number of aliphatic imine (C=N–C) groups is 1. The van der Waals surface area contributed by atoms with Gasteiger partial charge in [-0.25, -0.2) is 4.99 Å². The minimum absolute atomic E-state index is 0. The Labute approximate surface area is 149 Å². The molecule has 0 spiro atoms. The zero-order valence-corrected chi connectivity index (χ0v) is 14.9. The van der Waals surface area contributed by atoms with Gasteiger partial charge in [0.05, 0.1) is 11.5 Å². The monoisotopic (exact) mass is 432 g/mol. The van der Waals surface area contributed by atoms with E-state index >= 15 is 0 Å². The Morgan fingerprint density at radius 2 is 2.05 bits per heavy atom. The number of nitrogens with two attached hydrogens (primary N) is 1. The third-order valence-corrected chi connectivity index (χ3v) is 3.77. The van der Waals surface area contributed by atoms with Crippen molar-refractivity contribution >= 4 is 47.0 Å². The van der Waals surface area contributed by atoms with Crippen LogP contribution in [0.25, 0.3) is 0 Å². The predicted octanol–water partition coefficient (Wildman–Crippen LogP) is 2.92. The normalized spacial score (nSPS) is 10.8. The Balaban J connectivity index is 0.00000242. The number of halogens is 1. The van der Waals surface area contributed by atoms with Crippen molar-refractivity contribution in [3.8, 4) is 0 Å². The maximum atomic E-state index is 10.5. The van der Waals surface area contributed by atoms with Crippen LogP contribution >= 0.6 is 35.3 Å². The first-order chi connectivity index (χ1) is 10.1. The van der Waals surface area contributed by atoms with Crippen LogP contribution in [0.1, 0.15) is 10.4 Å². The Hall–Kier alpha value is -1.68. The molecule has 0 aliphatic rings. The molecule has 0 radical (unpaired) electrons. The summed E-state index contributed by atoms with van der Waals surface area (Å²) in [6.07, 6.45) is 0.908. The number of rotatable bonds is 6. The van der Waals surface area contributed by atoms with Crippen LogP contribution in [0.15, 0.2) is 46.8 Å². The minimum Gasteiger partial charge on any atom is -0.370 e. The lowest BCUT2D eigenvalue weighted by atomic mass is 10.2. The summed E-state index contributed by atoms with van der Waals surface area (Å²) in [5.41, 5.74) is 6.73. The van der Waals surface area contributed by atoms with Crippen molar-refractivity contribution in [2.24, 2.45) is 10.7 Å². The van der Waals surface area contributed by atoms with Gasteiger partial charge in [0.1, 0.15) is 0 Å². The Morgan fingerprint density at radius 1 is 1.32 bits per heavy atom. The zero-order chi connectivity index (χ0) is 15.1. The molecule has 0 bridgehead atoms. The van der Waals surface area contributed by atoms with Crippen molar-refractivity contribution in [1.29, 1.82) is 0 Å². The highest BCUT2D eigenvalue weighted by Gasteiger charge is 2.03. The van der Waals surface area contributed by atoms with Gasteiger partial charge < -0.3 is 11.1 Å². The Morgan fingerprint density at radius 3 is 2.64 bits per heavy atom. The third kappa shape index (κ3) is 5.98. The number of benzene rings is 1. The Kier molecular flexibility index (Phi) is 7.82. The van der Waals surface area contributed by atoms with Gasteiger partial charge in [0.2, 0.25) is 0 Å². The quantitative estimate of drug-likeness (QED) is 0.241. The maximum absolute atomic E-state index is 10.5. The molecule has 0 amide bonds. The summed E-state index contributed by atoms with van der Waals surface area (Å²) in [6, 6.07) is 10.4. The summed E-state index contributed by atoms with van der Waals surface area (Å²) in [6.45, 7) is 1.13. The van der Waals surface area contributed by atoms with Crippen LogP contribution in [0.4, 0.5) is 5.69 Å². The first-order valence-electron chi connectivity index (χ1n) is 6.44. The molecule has 8 heteroatoms. The average Bonchev–Trinajstić information content (AvgIpc) is 2.99. The lowest BCUT2D eigenvalue weighted by Gasteiger charge is -2.04. The highest BCUT2D eigenvalue weighted by atomic mass is 127. The fourth-order valence-corrected chi connectivity index (χ4v) is 2.43. The van der Waals surface area contributed by atoms with Crippen molar-refractivity contribution in [3.63, 3.8) is 0 Å². The van der Waals surface area contributed by atoms with Crippen LogP contribution in [0.3, 0.4) is 0 Å². The summed E-state index contributed by atoms with van der Waals surface area (Å²) in [4.78, 5) is 15.6. The van der Waals surface area contributed by atoms with E-state index in [1.807, 2.05) is 11.4 Å². The number of nitro benzene ring substituents is 1. The van der Waals surface area contributed by atoms with Crippen LogP contribution in [0.2, 0.25) is 0 Å². The van der Waals surface area contributed by atoms with Crippen LogP contribution in [0, 0.1) is 10.1 Å². The predicted molar refractivity (Wildman–Crippen MR) is 99.9 cm³/mol. The molecule has 0 saturated carbocycles. The molecule has 6 nitrogen and oxygen atoms in total. The van der Waals surface area contributed by atoms with E-state index < -0.39 is 4.92 Å². The molecule has 1 aromatic heterocycles. The molecule has 1 heterocycles. The number of hydrogen-bond acceptors (Lipinski definition) is 4. The van der Waals surface area contributed by atoms with E-state index in [1.165, 1.54) is 17.0 Å². The third-order valence-electron chi connectivity index (χ3n) is 2.84. The van der Waals surface area contributed by atoms with Gasteiger partial charge in [-0.3, -0.25) is 10.1 Å². The van der Waals surface area contributed by atoms with E-state index in [0.717, 1.165) is 18.5 Å². The molecule has 1 aromatic carbocycles. The van der Waals surface area contributed by atoms with Crippen LogP contribution in [-0.2, 0) is 13.0 Å². The summed E-state index contributed by atoms with van der Waals surface area (Å²) < 4.78 is 0. The number of thiophene rings is 1. The minimum atomic E-state index is -0.423. The lowest BCUT2D eigenvalue weighted by molar-refractivity contribution is -0.384. The zero-order valence-electron chi connectivity index (χ0n) is 11.8. The molecule has 22 heavy (non-hydrogen) atoms. The fraction of sp³-hybridized carbons (Fsp3) is 0.214. The van der Waals surface area contributed by atoms with E-state index in [0.29, 0.717) is 12.5 Å². The smallest absolute Gasteiger partial charge is 0.269 e. The molecule has 0 aliphatic heterocycles. The first-order valence-corrected chi connectivity index (χ1v) is 7.32. The standard InChI is InChI=1S/C14H16N4O2S.HI/c15-14(16-8-7-13-2-1-9-21-13)17-10-11-3-5-12(6-4-11)18(19)20;/h1-6,9H,7-8,10H2,(H3,15,16,17);1H. The molecule has 3 N–H and O–H groups in total. The van der Waals surface area contributed by atoms with Gasteiger partial charge in [-0.15, -0.1) is 35.3 Å². The molecular formula is C14H17IN4O2S. The molecule has 118 valence electrons. The van der Waals surface area contributed by atoms with Gasteiger partial charge >= 0.3 is 0 Å². The van der Waals surface area contributed by atoms with Crippen LogP contribution in [0.5, 0.6) is 0 Å². The summed E-state index contributed by atoms with van der Waals surface area (Å²) >= 11 is 1.71. The molecule has 0 fully saturated rings. The van der Waals surface area contributed by atoms with E-state index in [-0.39, 0.29) is 29.7 Å². The summed E-state index contributed by atoms with van der Waals surface area (Å²) in [7, 11) is 0. The summed E-state index contributed by atoms with van der Waals surface area (Å²) in [5.74, 6) is 0.380. The van der Waals surface area contributed by atoms with Crippen LogP contribution in [-0.4, -0.2) is 17.4 Å². The summed E-state index contributed by atoms with van der Waals surface area (Å²) in [5, 5.41) is 15.6. The highest BCUT2D eigenvalue weighted by molar-refractivity contribution is 14.0. The van der Waals surface area contributed by atoms with E-state index in [1.54, 1.807) is 23.5 Å². The number of non-ortho nitro benzene ring substituents is 1. The molecule has 2 rings (SSSR count). The second kappa shape index (κ2) is 9.36. The molecular weight excluding hydrogens is 415 g/mol. The van der Waals surface area contributed by atoms with Gasteiger partial charge in [0.15, 0.2) is 5.96 Å². The Bertz CT molecular complexity index is 614. The number of hydrogen-bond donors (Lipinski definition) is 2. The molecule has 0 saturated heterocycles. The van der Waals surface area contributed by atoms with Crippen molar-refractivity contribution in [2.45, 2.75) is 13.0 Å². The number of nitrogens with one attached hydrogen (secondary N) is 1. The van der Waals surface area contributed by atoms with Crippen LogP contribution < -0.4 is 11.1 Å². The van der Waals surface area contributed by atoms with E-state index in [2.05, 4.69) is 16.4 Å². The van der Waals surface area contributed by atoms with Gasteiger partial charge in [0.25, 0.3) is 5.69 Å². The molecule has 0 aliphatic carbocycles. The van der Waals surface area contributed by atoms with E-state index in [4.69, 9.17) is 5.73 Å². The van der Waals surface area contributed by atoms with Crippen molar-refractivity contribution < 1.29 is 4.92 Å². The van der Waals surface area contributed by atoms with Gasteiger partial charge in [0, 0.05) is 23.6 Å². The number of nitro groups is 1. The highest BCUT2D eigenvalue weighted by Crippen LogP contribution is 2.12. The van der Waals surface area contributed by atoms with Gasteiger partial charge in [-0.2, -0.15) is 0 Å². The van der Waals surface area contributed by atoms with Gasteiger partial charge in [-0.05, 0) is 23.4 Å². The molecule has 2 aromatic rings. The molecule has 0 atom stereocenters. The van der Waals surface area contributed by atoms with Crippen molar-refractivity contribution in [2.75, 3.05) is 6.54 Å². The largest absolute Gasteiger partial charge is 0.370 e. The lowest BCUT2D eigenvalue weighted by Crippen LogP contribution is -2.33. The van der Waals surface area contributed by atoms with Crippen molar-refractivity contribution in [1.82, 2.24) is 5.32 Å². The van der Waals surface area contributed by atoms with E-state index in [9.17, 15) is 10.1 Å². The fourth-order valence-electron chi connectivity index (χ4n) is 1.72. The average molecular weight is 432 g/mol. The number of guanidine groups is 1. The topological polar surface area (TPSA) is 93.5 Å². The maximum Gasteiger partial charge on any atom is 0.269 e. The first kappa shape index (κ1) is 18.4. The number of nitrogens with zero attached hydrogens (tertiary/aromatic N) is 2.